The van der Waals surface area contributed by atoms with E-state index in [1.54, 1.807) is 6.07 Å². The number of aliphatic carboxylic acids is 1. The lowest BCUT2D eigenvalue weighted by Crippen LogP contribution is -2.59. The van der Waals surface area contributed by atoms with Gasteiger partial charge in [-0.15, -0.1) is 0 Å². The smallest absolute Gasteiger partial charge is 0.329 e. The van der Waals surface area contributed by atoms with Crippen molar-refractivity contribution >= 4 is 23.5 Å². The molecular weight excluding hydrogens is 244 g/mol. The van der Waals surface area contributed by atoms with Crippen molar-refractivity contribution in [3.05, 3.63) is 29.0 Å². The van der Waals surface area contributed by atoms with Gasteiger partial charge in [0.1, 0.15) is 11.2 Å². The lowest BCUT2D eigenvalue weighted by Gasteiger charge is -2.38. The molecule has 1 fully saturated rings. The second-order valence-electron chi connectivity index (χ2n) is 4.05. The zero-order valence-electron chi connectivity index (χ0n) is 8.94. The molecule has 0 saturated heterocycles. The fraction of sp³-hybridized carbons (Fsp3) is 0.364. The molecule has 0 spiro atoms. The van der Waals surface area contributed by atoms with Gasteiger partial charge in [0, 0.05) is 11.2 Å². The molecule has 0 radical (unpaired) electrons. The number of hydrogen-bond donors (Lipinski definition) is 2. The first-order chi connectivity index (χ1) is 8.03. The van der Waals surface area contributed by atoms with Gasteiger partial charge in [0.2, 0.25) is 0 Å². The fourth-order valence-electron chi connectivity index (χ4n) is 1.73. The minimum Gasteiger partial charge on any atom is -0.480 e. The highest BCUT2D eigenvalue weighted by atomic mass is 35.5. The van der Waals surface area contributed by atoms with Crippen molar-refractivity contribution in [1.82, 2.24) is 10.3 Å². The highest BCUT2D eigenvalue weighted by molar-refractivity contribution is 6.30. The number of nitrogens with zero attached hydrogens (tertiary/aromatic N) is 1. The van der Waals surface area contributed by atoms with Crippen LogP contribution in [0.4, 0.5) is 0 Å². The molecule has 17 heavy (non-hydrogen) atoms. The second kappa shape index (κ2) is 4.33. The number of rotatable bonds is 3. The minimum absolute atomic E-state index is 0.130. The van der Waals surface area contributed by atoms with E-state index in [1.807, 2.05) is 0 Å². The topological polar surface area (TPSA) is 79.3 Å². The predicted molar refractivity (Wildman–Crippen MR) is 60.9 cm³/mol. The lowest BCUT2D eigenvalue weighted by atomic mass is 9.76. The molecule has 90 valence electrons. The van der Waals surface area contributed by atoms with Gasteiger partial charge in [-0.1, -0.05) is 11.6 Å². The summed E-state index contributed by atoms with van der Waals surface area (Å²) in [5, 5.41) is 12.0. The van der Waals surface area contributed by atoms with Gasteiger partial charge in [0.25, 0.3) is 5.91 Å². The summed E-state index contributed by atoms with van der Waals surface area (Å²) in [7, 11) is 0. The molecule has 1 heterocycles. The summed E-state index contributed by atoms with van der Waals surface area (Å²) >= 11 is 5.73. The molecule has 0 unspecified atom stereocenters. The first-order valence-electron chi connectivity index (χ1n) is 5.21. The largest absolute Gasteiger partial charge is 0.480 e. The Bertz CT molecular complexity index is 472. The molecule has 1 amide bonds. The third-order valence-electron chi connectivity index (χ3n) is 2.92. The fourth-order valence-corrected chi connectivity index (χ4v) is 1.89. The maximum atomic E-state index is 11.8. The number of nitrogens with one attached hydrogen (secondary N) is 1. The van der Waals surface area contributed by atoms with E-state index in [-0.39, 0.29) is 5.69 Å². The average molecular weight is 255 g/mol. The van der Waals surface area contributed by atoms with Crippen molar-refractivity contribution in [2.75, 3.05) is 0 Å². The van der Waals surface area contributed by atoms with Crippen LogP contribution in [0.15, 0.2) is 18.3 Å². The summed E-state index contributed by atoms with van der Waals surface area (Å²) in [6, 6.07) is 2.96. The number of carboxylic acids is 1. The molecule has 0 aromatic carbocycles. The summed E-state index contributed by atoms with van der Waals surface area (Å²) in [5.41, 5.74) is -0.994. The van der Waals surface area contributed by atoms with Crippen molar-refractivity contribution in [2.24, 2.45) is 0 Å². The van der Waals surface area contributed by atoms with E-state index < -0.39 is 17.4 Å². The Balaban J connectivity index is 2.14. The quantitative estimate of drug-likeness (QED) is 0.856. The molecule has 1 aliphatic rings. The van der Waals surface area contributed by atoms with E-state index in [2.05, 4.69) is 10.3 Å². The van der Waals surface area contributed by atoms with Gasteiger partial charge >= 0.3 is 5.97 Å². The van der Waals surface area contributed by atoms with Crippen LogP contribution in [0, 0.1) is 0 Å². The van der Waals surface area contributed by atoms with E-state index >= 15 is 0 Å². The number of carbonyl (C=O) groups excluding carboxylic acids is 1. The van der Waals surface area contributed by atoms with Crippen LogP contribution >= 0.6 is 11.6 Å². The maximum absolute atomic E-state index is 11.8. The van der Waals surface area contributed by atoms with E-state index in [4.69, 9.17) is 16.7 Å². The zero-order chi connectivity index (χ0) is 12.5. The highest BCUT2D eigenvalue weighted by Gasteiger charge is 2.45. The van der Waals surface area contributed by atoms with Gasteiger partial charge in [0.15, 0.2) is 0 Å². The van der Waals surface area contributed by atoms with Crippen molar-refractivity contribution in [3.8, 4) is 0 Å². The monoisotopic (exact) mass is 254 g/mol. The normalized spacial score (nSPS) is 17.0. The Morgan fingerprint density at radius 2 is 2.18 bits per heavy atom. The molecule has 2 N–H and O–H groups in total. The molecule has 0 bridgehead atoms. The number of aromatic nitrogens is 1. The van der Waals surface area contributed by atoms with Crippen LogP contribution in [0.25, 0.3) is 0 Å². The Morgan fingerprint density at radius 3 is 2.65 bits per heavy atom. The Kier molecular flexibility index (Phi) is 3.02. The summed E-state index contributed by atoms with van der Waals surface area (Å²) in [5.74, 6) is -1.51. The first-order valence-corrected chi connectivity index (χ1v) is 5.59. The van der Waals surface area contributed by atoms with E-state index in [9.17, 15) is 9.59 Å². The molecule has 1 aromatic heterocycles. The van der Waals surface area contributed by atoms with Crippen LogP contribution in [0.1, 0.15) is 29.8 Å². The molecule has 0 atom stereocenters. The number of amides is 1. The molecule has 2 rings (SSSR count). The van der Waals surface area contributed by atoms with E-state index in [0.29, 0.717) is 17.9 Å². The first kappa shape index (κ1) is 11.9. The summed E-state index contributed by atoms with van der Waals surface area (Å²) in [4.78, 5) is 26.7. The average Bonchev–Trinajstić information content (AvgIpc) is 2.22. The molecule has 1 aliphatic carbocycles. The van der Waals surface area contributed by atoms with E-state index in [1.165, 1.54) is 12.3 Å². The van der Waals surface area contributed by atoms with Crippen molar-refractivity contribution in [1.29, 1.82) is 0 Å². The Labute approximate surface area is 103 Å². The SMILES string of the molecule is O=C(NC1(C(=O)O)CCC1)c1cc(Cl)ccn1. The Morgan fingerprint density at radius 1 is 1.47 bits per heavy atom. The van der Waals surface area contributed by atoms with Crippen molar-refractivity contribution in [3.63, 3.8) is 0 Å². The number of hydrogen-bond acceptors (Lipinski definition) is 3. The summed E-state index contributed by atoms with van der Waals surface area (Å²) < 4.78 is 0. The molecule has 0 aliphatic heterocycles. The molecule has 6 heteroatoms. The van der Waals surface area contributed by atoms with Gasteiger partial charge in [-0.2, -0.15) is 0 Å². The van der Waals surface area contributed by atoms with Crippen molar-refractivity contribution in [2.45, 2.75) is 24.8 Å². The van der Waals surface area contributed by atoms with Gasteiger partial charge in [-0.05, 0) is 31.4 Å². The number of carbonyl (C=O) groups is 2. The van der Waals surface area contributed by atoms with Gasteiger partial charge in [-0.25, -0.2) is 4.79 Å². The second-order valence-corrected chi connectivity index (χ2v) is 4.49. The summed E-state index contributed by atoms with van der Waals surface area (Å²) in [6.07, 6.45) is 3.12. The lowest BCUT2D eigenvalue weighted by molar-refractivity contribution is -0.148. The molecular formula is C11H11ClN2O3. The zero-order valence-corrected chi connectivity index (χ0v) is 9.70. The molecule has 1 aromatic rings. The molecule has 5 nitrogen and oxygen atoms in total. The van der Waals surface area contributed by atoms with Crippen LogP contribution < -0.4 is 5.32 Å². The third-order valence-corrected chi connectivity index (χ3v) is 3.16. The van der Waals surface area contributed by atoms with Crippen LogP contribution in [-0.4, -0.2) is 27.5 Å². The molecule has 1 saturated carbocycles. The number of carboxylic acid groups (broad SMARTS) is 1. The van der Waals surface area contributed by atoms with Gasteiger partial charge in [0.05, 0.1) is 0 Å². The van der Waals surface area contributed by atoms with Crippen molar-refractivity contribution < 1.29 is 14.7 Å². The van der Waals surface area contributed by atoms with Gasteiger partial charge in [-0.3, -0.25) is 9.78 Å². The van der Waals surface area contributed by atoms with Crippen LogP contribution in [-0.2, 0) is 4.79 Å². The van der Waals surface area contributed by atoms with E-state index in [0.717, 1.165) is 6.42 Å². The van der Waals surface area contributed by atoms with Crippen LogP contribution in [0.5, 0.6) is 0 Å². The summed E-state index contributed by atoms with van der Waals surface area (Å²) in [6.45, 7) is 0. The van der Waals surface area contributed by atoms with Crippen LogP contribution in [0.3, 0.4) is 0 Å². The number of halogens is 1. The maximum Gasteiger partial charge on any atom is 0.329 e. The van der Waals surface area contributed by atoms with Crippen LogP contribution in [0.2, 0.25) is 5.02 Å². The minimum atomic E-state index is -1.12. The number of pyridine rings is 1. The third kappa shape index (κ3) is 2.24. The standard InChI is InChI=1S/C11H11ClN2O3/c12-7-2-5-13-8(6-7)9(15)14-11(10(16)17)3-1-4-11/h2,5-6H,1,3-4H2,(H,14,15)(H,16,17). The van der Waals surface area contributed by atoms with Gasteiger partial charge < -0.3 is 10.4 Å². The Hall–Kier alpha value is -1.62. The highest BCUT2D eigenvalue weighted by Crippen LogP contribution is 2.32. The predicted octanol–water partition coefficient (Wildman–Crippen LogP) is 1.47.